The molecule has 2 aromatic rings. The van der Waals surface area contributed by atoms with Crippen molar-refractivity contribution in [2.45, 2.75) is 26.8 Å². The first-order chi connectivity index (χ1) is 7.27. The summed E-state index contributed by atoms with van der Waals surface area (Å²) in [6.07, 6.45) is 0.952. The molecule has 0 unspecified atom stereocenters. The number of nitrogens with zero attached hydrogens (tertiary/aromatic N) is 2. The normalized spacial score (nSPS) is 11.1. The molecule has 0 amide bonds. The monoisotopic (exact) mass is 203 g/mol. The molecular weight excluding hydrogens is 186 g/mol. The number of fused-ring (bicyclic) bond motifs is 1. The average molecular weight is 203 g/mol. The maximum atomic E-state index is 5.62. The van der Waals surface area contributed by atoms with Crippen molar-refractivity contribution in [3.63, 3.8) is 0 Å². The topological polar surface area (TPSA) is 43.8 Å². The number of aryl methyl sites for hydroxylation is 2. The Morgan fingerprint density at radius 3 is 2.87 bits per heavy atom. The van der Waals surface area contributed by atoms with Crippen LogP contribution in [-0.4, -0.2) is 16.1 Å². The number of benzene rings is 1. The zero-order chi connectivity index (χ0) is 10.8. The summed E-state index contributed by atoms with van der Waals surface area (Å²) in [5.41, 5.74) is 9.18. The van der Waals surface area contributed by atoms with E-state index in [0.717, 1.165) is 24.3 Å². The van der Waals surface area contributed by atoms with Crippen molar-refractivity contribution in [3.8, 4) is 0 Å². The van der Waals surface area contributed by atoms with Crippen LogP contribution >= 0.6 is 0 Å². The van der Waals surface area contributed by atoms with Crippen molar-refractivity contribution < 1.29 is 0 Å². The highest BCUT2D eigenvalue weighted by atomic mass is 15.1. The lowest BCUT2D eigenvalue weighted by Gasteiger charge is -2.05. The molecule has 3 heteroatoms. The van der Waals surface area contributed by atoms with E-state index in [4.69, 9.17) is 5.73 Å². The molecule has 0 aliphatic rings. The van der Waals surface area contributed by atoms with Crippen LogP contribution in [0.2, 0.25) is 0 Å². The van der Waals surface area contributed by atoms with Crippen molar-refractivity contribution in [2.75, 3.05) is 6.54 Å². The maximum Gasteiger partial charge on any atom is 0.109 e. The summed E-state index contributed by atoms with van der Waals surface area (Å²) in [6, 6.07) is 6.29. The average Bonchev–Trinajstić information content (AvgIpc) is 2.59. The van der Waals surface area contributed by atoms with Gasteiger partial charge in [0.25, 0.3) is 0 Å². The van der Waals surface area contributed by atoms with E-state index in [9.17, 15) is 0 Å². The Kier molecular flexibility index (Phi) is 2.73. The summed E-state index contributed by atoms with van der Waals surface area (Å²) >= 11 is 0. The molecular formula is C12H17N3. The van der Waals surface area contributed by atoms with Crippen LogP contribution in [0.4, 0.5) is 0 Å². The third-order valence-corrected chi connectivity index (χ3v) is 2.73. The molecule has 0 fully saturated rings. The lowest BCUT2D eigenvalue weighted by molar-refractivity contribution is 0.684. The Labute approximate surface area is 89.9 Å². The van der Waals surface area contributed by atoms with Gasteiger partial charge in [-0.05, 0) is 18.6 Å². The zero-order valence-electron chi connectivity index (χ0n) is 9.33. The van der Waals surface area contributed by atoms with Gasteiger partial charge in [-0.25, -0.2) is 4.98 Å². The smallest absolute Gasteiger partial charge is 0.109 e. The van der Waals surface area contributed by atoms with E-state index in [1.54, 1.807) is 0 Å². The van der Waals surface area contributed by atoms with E-state index in [0.29, 0.717) is 6.54 Å². The molecule has 15 heavy (non-hydrogen) atoms. The molecule has 2 rings (SSSR count). The van der Waals surface area contributed by atoms with Gasteiger partial charge in [-0.2, -0.15) is 0 Å². The second kappa shape index (κ2) is 4.03. The molecule has 0 saturated carbocycles. The highest BCUT2D eigenvalue weighted by Crippen LogP contribution is 2.19. The highest BCUT2D eigenvalue weighted by Gasteiger charge is 2.09. The predicted octanol–water partition coefficient (Wildman–Crippen LogP) is 1.87. The van der Waals surface area contributed by atoms with E-state index in [2.05, 4.69) is 41.6 Å². The molecule has 0 aliphatic carbocycles. The van der Waals surface area contributed by atoms with Crippen molar-refractivity contribution in [3.05, 3.63) is 29.6 Å². The van der Waals surface area contributed by atoms with E-state index in [-0.39, 0.29) is 0 Å². The van der Waals surface area contributed by atoms with Gasteiger partial charge in [-0.3, -0.25) is 0 Å². The molecule has 80 valence electrons. The lowest BCUT2D eigenvalue weighted by Crippen LogP contribution is -2.12. The zero-order valence-corrected chi connectivity index (χ0v) is 9.33. The summed E-state index contributed by atoms with van der Waals surface area (Å²) in [5, 5.41) is 0. The van der Waals surface area contributed by atoms with Gasteiger partial charge in [0.1, 0.15) is 5.82 Å². The minimum Gasteiger partial charge on any atom is -0.329 e. The first-order valence-corrected chi connectivity index (χ1v) is 5.42. The Bertz CT molecular complexity index is 471. The van der Waals surface area contributed by atoms with Gasteiger partial charge >= 0.3 is 0 Å². The quantitative estimate of drug-likeness (QED) is 0.827. The van der Waals surface area contributed by atoms with Gasteiger partial charge < -0.3 is 10.3 Å². The van der Waals surface area contributed by atoms with E-state index in [1.165, 1.54) is 11.1 Å². The van der Waals surface area contributed by atoms with Gasteiger partial charge in [-0.1, -0.05) is 19.1 Å². The molecule has 1 aromatic heterocycles. The number of aromatic nitrogens is 2. The molecule has 2 N–H and O–H groups in total. The fourth-order valence-electron chi connectivity index (χ4n) is 1.98. The minimum absolute atomic E-state index is 0.659. The third-order valence-electron chi connectivity index (χ3n) is 2.73. The summed E-state index contributed by atoms with van der Waals surface area (Å²) in [7, 11) is 0. The van der Waals surface area contributed by atoms with Crippen LogP contribution in [-0.2, 0) is 13.0 Å². The van der Waals surface area contributed by atoms with Crippen LogP contribution in [0.5, 0.6) is 0 Å². The molecule has 3 nitrogen and oxygen atoms in total. The summed E-state index contributed by atoms with van der Waals surface area (Å²) in [4.78, 5) is 4.66. The SMILES string of the molecule is CCc1nc2c(C)cccc2n1CCN. The number of rotatable bonds is 3. The van der Waals surface area contributed by atoms with Crippen LogP contribution in [0.1, 0.15) is 18.3 Å². The Hall–Kier alpha value is -1.35. The van der Waals surface area contributed by atoms with Gasteiger partial charge in [0.2, 0.25) is 0 Å². The fraction of sp³-hybridized carbons (Fsp3) is 0.417. The molecule has 0 spiro atoms. The van der Waals surface area contributed by atoms with Gasteiger partial charge in [0.05, 0.1) is 11.0 Å². The van der Waals surface area contributed by atoms with Crippen molar-refractivity contribution in [1.82, 2.24) is 9.55 Å². The first kappa shape index (κ1) is 10.2. The molecule has 0 bridgehead atoms. The largest absolute Gasteiger partial charge is 0.329 e. The van der Waals surface area contributed by atoms with E-state index >= 15 is 0 Å². The van der Waals surface area contributed by atoms with E-state index in [1.807, 2.05) is 0 Å². The molecule has 1 heterocycles. The number of imidazole rings is 1. The van der Waals surface area contributed by atoms with Gasteiger partial charge in [0.15, 0.2) is 0 Å². The minimum atomic E-state index is 0.659. The highest BCUT2D eigenvalue weighted by molar-refractivity contribution is 5.79. The lowest BCUT2D eigenvalue weighted by atomic mass is 10.2. The van der Waals surface area contributed by atoms with Crippen LogP contribution in [0.3, 0.4) is 0 Å². The van der Waals surface area contributed by atoms with E-state index < -0.39 is 0 Å². The number of hydrogen-bond acceptors (Lipinski definition) is 2. The maximum absolute atomic E-state index is 5.62. The predicted molar refractivity (Wildman–Crippen MR) is 62.9 cm³/mol. The van der Waals surface area contributed by atoms with Crippen LogP contribution in [0, 0.1) is 6.92 Å². The van der Waals surface area contributed by atoms with Crippen LogP contribution < -0.4 is 5.73 Å². The first-order valence-electron chi connectivity index (χ1n) is 5.42. The van der Waals surface area contributed by atoms with Crippen LogP contribution in [0.25, 0.3) is 11.0 Å². The Morgan fingerprint density at radius 2 is 2.20 bits per heavy atom. The molecule has 0 radical (unpaired) electrons. The molecule has 1 aromatic carbocycles. The number of nitrogens with two attached hydrogens (primary N) is 1. The Balaban J connectivity index is 2.68. The van der Waals surface area contributed by atoms with Gasteiger partial charge in [-0.15, -0.1) is 0 Å². The second-order valence-electron chi connectivity index (χ2n) is 3.76. The summed E-state index contributed by atoms with van der Waals surface area (Å²) in [5.74, 6) is 1.13. The standard InChI is InChI=1S/C12H17N3/c1-3-11-14-12-9(2)5-4-6-10(12)15(11)8-7-13/h4-6H,3,7-8,13H2,1-2H3. The molecule has 0 saturated heterocycles. The summed E-state index contributed by atoms with van der Waals surface area (Å²) in [6.45, 7) is 5.74. The third kappa shape index (κ3) is 1.63. The number of para-hydroxylation sites is 1. The van der Waals surface area contributed by atoms with Crippen molar-refractivity contribution >= 4 is 11.0 Å². The Morgan fingerprint density at radius 1 is 1.40 bits per heavy atom. The number of hydrogen-bond donors (Lipinski definition) is 1. The van der Waals surface area contributed by atoms with Crippen LogP contribution in [0.15, 0.2) is 18.2 Å². The molecule has 0 aliphatic heterocycles. The molecule has 0 atom stereocenters. The summed E-state index contributed by atoms with van der Waals surface area (Å²) < 4.78 is 2.22. The fourth-order valence-corrected chi connectivity index (χ4v) is 1.98. The second-order valence-corrected chi connectivity index (χ2v) is 3.76. The van der Waals surface area contributed by atoms with Gasteiger partial charge in [0, 0.05) is 19.5 Å². The van der Waals surface area contributed by atoms with Crippen molar-refractivity contribution in [2.24, 2.45) is 5.73 Å². The van der Waals surface area contributed by atoms with Crippen molar-refractivity contribution in [1.29, 1.82) is 0 Å².